The number of piperazine rings is 1. The van der Waals surface area contributed by atoms with Gasteiger partial charge in [-0.05, 0) is 12.5 Å². The van der Waals surface area contributed by atoms with Crippen molar-refractivity contribution < 1.29 is 22.9 Å². The maximum absolute atomic E-state index is 12.9. The molecule has 3 rings (SSSR count). The second-order valence-electron chi connectivity index (χ2n) is 6.52. The zero-order valence-corrected chi connectivity index (χ0v) is 17.0. The standard InChI is InChI=1S/C16H22N4O6S.ClH/c1-12-2-3-13(20(22)23)10-15(12)27(24,25)19-7-5-18(6-8-19)16(21)14-11-26-9-4-17-14;/h2-3,10,14,17H,4-9,11H2,1H3;1H. The molecule has 2 fully saturated rings. The van der Waals surface area contributed by atoms with E-state index in [0.29, 0.717) is 25.3 Å². The highest BCUT2D eigenvalue weighted by Gasteiger charge is 2.34. The van der Waals surface area contributed by atoms with Gasteiger partial charge in [-0.1, -0.05) is 6.07 Å². The molecular formula is C16H23ClN4O6S. The molecule has 12 heteroatoms. The number of amides is 1. The number of halogens is 1. The van der Waals surface area contributed by atoms with Crippen molar-refractivity contribution in [1.82, 2.24) is 14.5 Å². The molecular weight excluding hydrogens is 412 g/mol. The average Bonchev–Trinajstić information content (AvgIpc) is 2.68. The van der Waals surface area contributed by atoms with E-state index in [-0.39, 0.29) is 55.1 Å². The number of morpholine rings is 1. The third-order valence-electron chi connectivity index (χ3n) is 4.77. The van der Waals surface area contributed by atoms with Gasteiger partial charge in [0.2, 0.25) is 15.9 Å². The predicted octanol–water partition coefficient (Wildman–Crippen LogP) is 0.146. The van der Waals surface area contributed by atoms with Crippen molar-refractivity contribution in [3.63, 3.8) is 0 Å². The third-order valence-corrected chi connectivity index (χ3v) is 6.81. The summed E-state index contributed by atoms with van der Waals surface area (Å²) in [7, 11) is -3.87. The topological polar surface area (TPSA) is 122 Å². The first-order valence-corrected chi connectivity index (χ1v) is 10.1. The van der Waals surface area contributed by atoms with Crippen LogP contribution in [0.1, 0.15) is 5.56 Å². The minimum atomic E-state index is -3.87. The lowest BCUT2D eigenvalue weighted by molar-refractivity contribution is -0.385. The molecule has 156 valence electrons. The predicted molar refractivity (Wildman–Crippen MR) is 103 cm³/mol. The van der Waals surface area contributed by atoms with Gasteiger partial charge in [-0.25, -0.2) is 8.42 Å². The number of hydrogen-bond acceptors (Lipinski definition) is 7. The lowest BCUT2D eigenvalue weighted by atomic mass is 10.2. The molecule has 1 aromatic carbocycles. The van der Waals surface area contributed by atoms with E-state index < -0.39 is 21.0 Å². The Balaban J connectivity index is 0.00000280. The van der Waals surface area contributed by atoms with Crippen molar-refractivity contribution in [2.75, 3.05) is 45.9 Å². The molecule has 2 aliphatic rings. The van der Waals surface area contributed by atoms with E-state index in [1.165, 1.54) is 16.4 Å². The van der Waals surface area contributed by atoms with Crippen LogP contribution in [0.3, 0.4) is 0 Å². The number of carbonyl (C=O) groups is 1. The van der Waals surface area contributed by atoms with Crippen LogP contribution in [-0.4, -0.2) is 80.4 Å². The van der Waals surface area contributed by atoms with Gasteiger partial charge in [0.15, 0.2) is 0 Å². The first-order chi connectivity index (χ1) is 12.8. The molecule has 0 spiro atoms. The number of hydrogen-bond donors (Lipinski definition) is 1. The maximum Gasteiger partial charge on any atom is 0.270 e. The normalized spacial score (nSPS) is 21.0. The van der Waals surface area contributed by atoms with Crippen molar-refractivity contribution >= 4 is 34.0 Å². The third kappa shape index (κ3) is 4.61. The van der Waals surface area contributed by atoms with Crippen molar-refractivity contribution in [3.05, 3.63) is 33.9 Å². The van der Waals surface area contributed by atoms with Crippen molar-refractivity contribution in [2.24, 2.45) is 0 Å². The molecule has 1 unspecified atom stereocenters. The Morgan fingerprint density at radius 3 is 2.54 bits per heavy atom. The van der Waals surface area contributed by atoms with Crippen LogP contribution in [0.4, 0.5) is 5.69 Å². The molecule has 2 heterocycles. The summed E-state index contributed by atoms with van der Waals surface area (Å²) < 4.78 is 32.4. The largest absolute Gasteiger partial charge is 0.378 e. The van der Waals surface area contributed by atoms with Crippen LogP contribution in [-0.2, 0) is 19.6 Å². The summed E-state index contributed by atoms with van der Waals surface area (Å²) in [5.74, 6) is -0.0988. The first kappa shape index (κ1) is 22.5. The average molecular weight is 435 g/mol. The number of aryl methyl sites for hydroxylation is 1. The van der Waals surface area contributed by atoms with Gasteiger partial charge in [-0.2, -0.15) is 4.31 Å². The number of nitro groups is 1. The summed E-state index contributed by atoms with van der Waals surface area (Å²) in [6.45, 7) is 3.91. The van der Waals surface area contributed by atoms with Crippen LogP contribution >= 0.6 is 12.4 Å². The number of rotatable bonds is 4. The van der Waals surface area contributed by atoms with Crippen LogP contribution < -0.4 is 5.32 Å². The molecule has 28 heavy (non-hydrogen) atoms. The molecule has 1 atom stereocenters. The summed E-state index contributed by atoms with van der Waals surface area (Å²) >= 11 is 0. The zero-order chi connectivity index (χ0) is 19.6. The Morgan fingerprint density at radius 1 is 1.29 bits per heavy atom. The van der Waals surface area contributed by atoms with Crippen LogP contribution in [0.5, 0.6) is 0 Å². The molecule has 1 N–H and O–H groups in total. The quantitative estimate of drug-likeness (QED) is 0.528. The Kier molecular flexibility index (Phi) is 7.34. The van der Waals surface area contributed by atoms with Crippen molar-refractivity contribution in [2.45, 2.75) is 17.9 Å². The van der Waals surface area contributed by atoms with E-state index in [9.17, 15) is 23.3 Å². The van der Waals surface area contributed by atoms with Crippen LogP contribution in [0.15, 0.2) is 23.1 Å². The van der Waals surface area contributed by atoms with Crippen LogP contribution in [0, 0.1) is 17.0 Å². The summed E-state index contributed by atoms with van der Waals surface area (Å²) in [5.41, 5.74) is 0.180. The van der Waals surface area contributed by atoms with E-state index in [2.05, 4.69) is 5.32 Å². The first-order valence-electron chi connectivity index (χ1n) is 8.66. The fourth-order valence-electron chi connectivity index (χ4n) is 3.21. The number of nitro benzene ring substituents is 1. The van der Waals surface area contributed by atoms with E-state index in [0.717, 1.165) is 6.07 Å². The number of ether oxygens (including phenoxy) is 1. The van der Waals surface area contributed by atoms with Gasteiger partial charge >= 0.3 is 0 Å². The smallest absolute Gasteiger partial charge is 0.270 e. The van der Waals surface area contributed by atoms with Gasteiger partial charge in [-0.3, -0.25) is 14.9 Å². The van der Waals surface area contributed by atoms with Gasteiger partial charge in [0, 0.05) is 44.9 Å². The van der Waals surface area contributed by atoms with E-state index in [1.807, 2.05) is 0 Å². The molecule has 2 saturated heterocycles. The highest BCUT2D eigenvalue weighted by molar-refractivity contribution is 7.89. The van der Waals surface area contributed by atoms with Crippen molar-refractivity contribution in [3.8, 4) is 0 Å². The maximum atomic E-state index is 12.9. The van der Waals surface area contributed by atoms with Gasteiger partial charge in [0.05, 0.1) is 23.0 Å². The number of benzene rings is 1. The Labute approximate surface area is 169 Å². The lowest BCUT2D eigenvalue weighted by Crippen LogP contribution is -2.57. The van der Waals surface area contributed by atoms with Gasteiger partial charge < -0.3 is 15.0 Å². The highest BCUT2D eigenvalue weighted by Crippen LogP contribution is 2.25. The van der Waals surface area contributed by atoms with Crippen LogP contribution in [0.2, 0.25) is 0 Å². The molecule has 0 saturated carbocycles. The molecule has 0 aliphatic carbocycles. The van der Waals surface area contributed by atoms with Gasteiger partial charge in [0.1, 0.15) is 6.04 Å². The number of carbonyl (C=O) groups excluding carboxylic acids is 1. The summed E-state index contributed by atoms with van der Waals surface area (Å²) in [5, 5.41) is 14.1. The number of sulfonamides is 1. The zero-order valence-electron chi connectivity index (χ0n) is 15.4. The van der Waals surface area contributed by atoms with E-state index in [4.69, 9.17) is 4.74 Å². The number of non-ortho nitro benzene ring substituents is 1. The second kappa shape index (κ2) is 9.14. The summed E-state index contributed by atoms with van der Waals surface area (Å²) in [4.78, 5) is 24.4. The molecule has 1 amide bonds. The van der Waals surface area contributed by atoms with E-state index >= 15 is 0 Å². The minimum absolute atomic E-state index is 0. The molecule has 1 aromatic rings. The monoisotopic (exact) mass is 434 g/mol. The second-order valence-corrected chi connectivity index (χ2v) is 8.42. The van der Waals surface area contributed by atoms with Crippen molar-refractivity contribution in [1.29, 1.82) is 0 Å². The lowest BCUT2D eigenvalue weighted by Gasteiger charge is -2.36. The van der Waals surface area contributed by atoms with Gasteiger partial charge in [-0.15, -0.1) is 12.4 Å². The fraction of sp³-hybridized carbons (Fsp3) is 0.562. The van der Waals surface area contributed by atoms with Gasteiger partial charge in [0.25, 0.3) is 5.69 Å². The summed E-state index contributed by atoms with van der Waals surface area (Å²) in [6, 6.07) is 3.40. The molecule has 0 aromatic heterocycles. The van der Waals surface area contributed by atoms with Crippen LogP contribution in [0.25, 0.3) is 0 Å². The molecule has 2 aliphatic heterocycles. The minimum Gasteiger partial charge on any atom is -0.378 e. The van der Waals surface area contributed by atoms with E-state index in [1.54, 1.807) is 11.8 Å². The number of nitrogens with one attached hydrogen (secondary N) is 1. The Hall–Kier alpha value is -1.79. The molecule has 0 radical (unpaired) electrons. The molecule has 10 nitrogen and oxygen atoms in total. The Bertz CT molecular complexity index is 836. The summed E-state index contributed by atoms with van der Waals surface area (Å²) in [6.07, 6.45) is 0. The molecule has 0 bridgehead atoms. The Morgan fingerprint density at radius 2 is 1.96 bits per heavy atom. The highest BCUT2D eigenvalue weighted by atomic mass is 35.5. The number of nitrogens with zero attached hydrogens (tertiary/aromatic N) is 3. The SMILES string of the molecule is Cc1ccc([N+](=O)[O-])cc1S(=O)(=O)N1CCN(C(=O)C2COCCN2)CC1.Cl. The fourth-order valence-corrected chi connectivity index (χ4v) is 4.88.